The summed E-state index contributed by atoms with van der Waals surface area (Å²) in [6.45, 7) is 0. The Morgan fingerprint density at radius 1 is 1.12 bits per heavy atom. The van der Waals surface area contributed by atoms with Crippen molar-refractivity contribution in [2.24, 2.45) is 0 Å². The molecule has 0 spiro atoms. The van der Waals surface area contributed by atoms with Crippen LogP contribution in [0.15, 0.2) is 27.8 Å². The van der Waals surface area contributed by atoms with E-state index in [0.717, 1.165) is 15.8 Å². The zero-order valence-corrected chi connectivity index (χ0v) is 10.9. The first-order valence-corrected chi connectivity index (χ1v) is 7.69. The fraction of sp³-hybridized carbons (Fsp3) is 0.0833. The highest BCUT2D eigenvalue weighted by atomic mass is 32.2. The van der Waals surface area contributed by atoms with Gasteiger partial charge in [-0.2, -0.15) is 5.26 Å². The van der Waals surface area contributed by atoms with Crippen LogP contribution in [0.1, 0.15) is 5.56 Å². The molecule has 2 aromatic heterocycles. The van der Waals surface area contributed by atoms with Crippen molar-refractivity contribution in [1.29, 1.82) is 5.26 Å². The van der Waals surface area contributed by atoms with Crippen LogP contribution in [0.4, 0.5) is 0 Å². The van der Waals surface area contributed by atoms with Crippen molar-refractivity contribution in [3.05, 3.63) is 28.5 Å². The predicted molar refractivity (Wildman–Crippen MR) is 73.7 cm³/mol. The van der Waals surface area contributed by atoms with Crippen LogP contribution in [-0.2, 0) is 0 Å². The van der Waals surface area contributed by atoms with Crippen LogP contribution >= 0.6 is 34.4 Å². The SMILES string of the molecule is CSc1c(C#N)c2ccsc2c2ccsc12. The number of hydrogen-bond acceptors (Lipinski definition) is 4. The molecule has 0 unspecified atom stereocenters. The van der Waals surface area contributed by atoms with E-state index in [4.69, 9.17) is 0 Å². The van der Waals surface area contributed by atoms with E-state index in [0.29, 0.717) is 0 Å². The molecule has 78 valence electrons. The van der Waals surface area contributed by atoms with Crippen LogP contribution < -0.4 is 0 Å². The van der Waals surface area contributed by atoms with Gasteiger partial charge in [0.25, 0.3) is 0 Å². The number of hydrogen-bond donors (Lipinski definition) is 0. The molecule has 0 fully saturated rings. The van der Waals surface area contributed by atoms with E-state index in [1.165, 1.54) is 14.8 Å². The van der Waals surface area contributed by atoms with Gasteiger partial charge in [-0.15, -0.1) is 34.4 Å². The molecule has 0 saturated carbocycles. The Bertz CT molecular complexity index is 715. The Kier molecular flexibility index (Phi) is 2.40. The Hall–Kier alpha value is -1.02. The van der Waals surface area contributed by atoms with Gasteiger partial charge in [-0.1, -0.05) is 0 Å². The highest BCUT2D eigenvalue weighted by Crippen LogP contribution is 2.41. The Morgan fingerprint density at radius 2 is 1.81 bits per heavy atom. The maximum Gasteiger partial charge on any atom is 0.101 e. The molecule has 0 N–H and O–H groups in total. The van der Waals surface area contributed by atoms with Crippen LogP contribution in [0.2, 0.25) is 0 Å². The minimum atomic E-state index is 0.832. The third kappa shape index (κ3) is 1.23. The normalized spacial score (nSPS) is 11.0. The number of benzene rings is 1. The summed E-state index contributed by atoms with van der Waals surface area (Å²) in [7, 11) is 0. The van der Waals surface area contributed by atoms with Crippen molar-refractivity contribution in [2.45, 2.75) is 4.90 Å². The van der Waals surface area contributed by atoms with Crippen molar-refractivity contribution < 1.29 is 0 Å². The summed E-state index contributed by atoms with van der Waals surface area (Å²) in [4.78, 5) is 1.12. The maximum atomic E-state index is 9.31. The minimum Gasteiger partial charge on any atom is -0.192 e. The molecule has 0 bridgehead atoms. The van der Waals surface area contributed by atoms with E-state index in [1.54, 1.807) is 34.4 Å². The smallest absolute Gasteiger partial charge is 0.101 e. The van der Waals surface area contributed by atoms with Gasteiger partial charge in [0.1, 0.15) is 6.07 Å². The molecule has 0 aliphatic heterocycles. The van der Waals surface area contributed by atoms with Crippen LogP contribution in [-0.4, -0.2) is 6.26 Å². The van der Waals surface area contributed by atoms with Crippen LogP contribution in [0.25, 0.3) is 20.2 Å². The first-order valence-electron chi connectivity index (χ1n) is 4.71. The van der Waals surface area contributed by atoms with Crippen LogP contribution in [0, 0.1) is 11.3 Å². The minimum absolute atomic E-state index is 0.832. The van der Waals surface area contributed by atoms with Gasteiger partial charge in [0.15, 0.2) is 0 Å². The zero-order valence-electron chi connectivity index (χ0n) is 8.48. The first-order chi connectivity index (χ1) is 7.86. The van der Waals surface area contributed by atoms with Crippen molar-refractivity contribution in [1.82, 2.24) is 0 Å². The molecule has 1 aromatic carbocycles. The molecule has 3 rings (SSSR count). The molecule has 0 amide bonds. The highest BCUT2D eigenvalue weighted by Gasteiger charge is 2.15. The van der Waals surface area contributed by atoms with Gasteiger partial charge in [-0.3, -0.25) is 0 Å². The van der Waals surface area contributed by atoms with Gasteiger partial charge < -0.3 is 0 Å². The second kappa shape index (κ2) is 3.77. The molecule has 1 nitrogen and oxygen atoms in total. The summed E-state index contributed by atoms with van der Waals surface area (Å²) in [5, 5.41) is 15.9. The number of fused-ring (bicyclic) bond motifs is 3. The molecule has 16 heavy (non-hydrogen) atoms. The molecule has 3 aromatic rings. The van der Waals surface area contributed by atoms with Gasteiger partial charge in [-0.05, 0) is 29.1 Å². The van der Waals surface area contributed by atoms with Crippen molar-refractivity contribution in [3.8, 4) is 6.07 Å². The van der Waals surface area contributed by atoms with Crippen molar-refractivity contribution in [2.75, 3.05) is 6.26 Å². The molecule has 0 saturated heterocycles. The standard InChI is InChI=1S/C12H7NS3/c1-14-11-9(6-13)7-2-4-15-10(7)8-3-5-16-12(8)11/h2-5H,1H3. The fourth-order valence-corrected chi connectivity index (χ4v) is 4.81. The molecule has 0 aliphatic rings. The first kappa shape index (κ1) is 10.2. The van der Waals surface area contributed by atoms with E-state index < -0.39 is 0 Å². The van der Waals surface area contributed by atoms with Gasteiger partial charge in [-0.25, -0.2) is 0 Å². The molecular formula is C12H7NS3. The Morgan fingerprint density at radius 3 is 2.50 bits per heavy atom. The Labute approximate surface area is 105 Å². The summed E-state index contributed by atoms with van der Waals surface area (Å²) >= 11 is 5.10. The van der Waals surface area contributed by atoms with Gasteiger partial charge in [0.2, 0.25) is 0 Å². The molecule has 2 heterocycles. The van der Waals surface area contributed by atoms with Crippen molar-refractivity contribution in [3.63, 3.8) is 0 Å². The summed E-state index contributed by atoms with van der Waals surface area (Å²) in [6, 6.07) is 6.55. The second-order valence-electron chi connectivity index (χ2n) is 3.35. The lowest BCUT2D eigenvalue weighted by molar-refractivity contribution is 1.46. The van der Waals surface area contributed by atoms with Gasteiger partial charge >= 0.3 is 0 Å². The largest absolute Gasteiger partial charge is 0.192 e. The molecular weight excluding hydrogens is 254 g/mol. The van der Waals surface area contributed by atoms with Gasteiger partial charge in [0, 0.05) is 20.4 Å². The van der Waals surface area contributed by atoms with Gasteiger partial charge in [0.05, 0.1) is 10.3 Å². The number of rotatable bonds is 1. The summed E-state index contributed by atoms with van der Waals surface area (Å²) in [5.74, 6) is 0. The van der Waals surface area contributed by atoms with Crippen LogP contribution in [0.3, 0.4) is 0 Å². The number of nitriles is 1. The average molecular weight is 261 g/mol. The lowest BCUT2D eigenvalue weighted by atomic mass is 10.1. The molecule has 4 heteroatoms. The fourth-order valence-electron chi connectivity index (χ4n) is 1.92. The third-order valence-corrected chi connectivity index (χ3v) is 5.42. The van der Waals surface area contributed by atoms with E-state index in [1.807, 2.05) is 6.26 Å². The van der Waals surface area contributed by atoms with Crippen LogP contribution in [0.5, 0.6) is 0 Å². The monoisotopic (exact) mass is 261 g/mol. The number of nitrogens with zero attached hydrogens (tertiary/aromatic N) is 1. The highest BCUT2D eigenvalue weighted by molar-refractivity contribution is 7.99. The third-order valence-electron chi connectivity index (χ3n) is 2.59. The summed E-state index contributed by atoms with van der Waals surface area (Å²) in [6.07, 6.45) is 2.04. The summed E-state index contributed by atoms with van der Waals surface area (Å²) < 4.78 is 2.49. The predicted octanol–water partition coefficient (Wildman–Crippen LogP) is 4.71. The lowest BCUT2D eigenvalue weighted by Gasteiger charge is -2.04. The zero-order chi connectivity index (χ0) is 11.1. The second-order valence-corrected chi connectivity index (χ2v) is 6.00. The average Bonchev–Trinajstić information content (AvgIpc) is 2.93. The topological polar surface area (TPSA) is 23.8 Å². The quantitative estimate of drug-likeness (QED) is 0.592. The Balaban J connectivity index is 2.66. The van der Waals surface area contributed by atoms with E-state index in [2.05, 4.69) is 29.0 Å². The maximum absolute atomic E-state index is 9.31. The number of thioether (sulfide) groups is 1. The molecule has 0 radical (unpaired) electrons. The summed E-state index contributed by atoms with van der Waals surface area (Å²) in [5.41, 5.74) is 0.832. The van der Waals surface area contributed by atoms with E-state index in [9.17, 15) is 5.26 Å². The van der Waals surface area contributed by atoms with E-state index >= 15 is 0 Å². The van der Waals surface area contributed by atoms with E-state index in [-0.39, 0.29) is 0 Å². The molecule has 0 aliphatic carbocycles. The lowest BCUT2D eigenvalue weighted by Crippen LogP contribution is -1.82. The number of thiophene rings is 2. The molecule has 0 atom stereocenters. The van der Waals surface area contributed by atoms with Crippen molar-refractivity contribution >= 4 is 54.6 Å².